The number of halogens is 1. The first-order valence-corrected chi connectivity index (χ1v) is 14.1. The van der Waals surface area contributed by atoms with E-state index in [-0.39, 0.29) is 24.8 Å². The Kier molecular flexibility index (Phi) is 7.48. The van der Waals surface area contributed by atoms with Crippen LogP contribution in [0.1, 0.15) is 22.6 Å². The zero-order valence-corrected chi connectivity index (χ0v) is 23.0. The van der Waals surface area contributed by atoms with Gasteiger partial charge in [-0.2, -0.15) is 0 Å². The van der Waals surface area contributed by atoms with Crippen molar-refractivity contribution in [2.45, 2.75) is 28.3 Å². The van der Waals surface area contributed by atoms with Crippen LogP contribution >= 0.6 is 11.8 Å². The Morgan fingerprint density at radius 1 is 0.902 bits per heavy atom. The number of nitrogens with one attached hydrogen (secondary N) is 2. The Balaban J connectivity index is 1.21. The third-order valence-electron chi connectivity index (χ3n) is 7.34. The van der Waals surface area contributed by atoms with Gasteiger partial charge in [-0.05, 0) is 58.1 Å². The number of carbonyl (C=O) groups excluding carboxylic acids is 2. The Morgan fingerprint density at radius 2 is 1.54 bits per heavy atom. The van der Waals surface area contributed by atoms with E-state index in [2.05, 4.69) is 34.6 Å². The number of hydrogen-bond acceptors (Lipinski definition) is 5. The van der Waals surface area contributed by atoms with Crippen LogP contribution in [-0.2, 0) is 20.7 Å². The summed E-state index contributed by atoms with van der Waals surface area (Å²) in [5.41, 5.74) is 6.20. The zero-order valence-electron chi connectivity index (χ0n) is 22.2. The molecule has 0 bridgehead atoms. The molecule has 0 saturated heterocycles. The molecule has 0 saturated carbocycles. The molecule has 6 nitrogen and oxygen atoms in total. The van der Waals surface area contributed by atoms with E-state index in [1.807, 2.05) is 48.5 Å². The highest BCUT2D eigenvalue weighted by molar-refractivity contribution is 7.99. The number of aromatic amines is 1. The topological polar surface area (TPSA) is 80.4 Å². The van der Waals surface area contributed by atoms with Gasteiger partial charge in [0.05, 0.1) is 12.1 Å². The van der Waals surface area contributed by atoms with Crippen LogP contribution in [0.25, 0.3) is 22.0 Å². The minimum Gasteiger partial charge on any atom is -0.467 e. The highest BCUT2D eigenvalue weighted by Gasteiger charge is 2.30. The minimum atomic E-state index is -0.984. The van der Waals surface area contributed by atoms with Crippen molar-refractivity contribution >= 4 is 34.7 Å². The molecule has 206 valence electrons. The molecule has 1 aliphatic carbocycles. The Morgan fingerprint density at radius 3 is 2.22 bits per heavy atom. The summed E-state index contributed by atoms with van der Waals surface area (Å²) in [6.45, 7) is 0.131. The average Bonchev–Trinajstić information content (AvgIpc) is 3.51. The lowest BCUT2D eigenvalue weighted by Gasteiger charge is -2.19. The van der Waals surface area contributed by atoms with Crippen molar-refractivity contribution in [3.8, 4) is 11.1 Å². The van der Waals surface area contributed by atoms with Gasteiger partial charge in [0.25, 0.3) is 0 Å². The van der Waals surface area contributed by atoms with Gasteiger partial charge in [-0.1, -0.05) is 78.5 Å². The molecule has 1 atom stereocenters. The predicted molar refractivity (Wildman–Crippen MR) is 157 cm³/mol. The second-order valence-electron chi connectivity index (χ2n) is 9.78. The molecule has 0 aliphatic heterocycles. The smallest absolute Gasteiger partial charge is 0.407 e. The number of aromatic nitrogens is 1. The third kappa shape index (κ3) is 5.43. The monoisotopic (exact) mass is 566 g/mol. The molecule has 6 rings (SSSR count). The maximum atomic E-state index is 13.5. The third-order valence-corrected chi connectivity index (χ3v) is 8.40. The van der Waals surface area contributed by atoms with Crippen molar-refractivity contribution in [3.63, 3.8) is 0 Å². The number of ether oxygens (including phenoxy) is 2. The molecule has 41 heavy (non-hydrogen) atoms. The van der Waals surface area contributed by atoms with Crippen LogP contribution in [0.2, 0.25) is 0 Å². The van der Waals surface area contributed by atoms with E-state index in [0.717, 1.165) is 48.6 Å². The van der Waals surface area contributed by atoms with Gasteiger partial charge in [0, 0.05) is 28.1 Å². The van der Waals surface area contributed by atoms with Gasteiger partial charge >= 0.3 is 12.1 Å². The molecule has 8 heteroatoms. The van der Waals surface area contributed by atoms with E-state index in [9.17, 15) is 14.0 Å². The number of hydrogen-bond donors (Lipinski definition) is 2. The van der Waals surface area contributed by atoms with E-state index in [4.69, 9.17) is 9.47 Å². The van der Waals surface area contributed by atoms with Crippen LogP contribution < -0.4 is 5.32 Å². The molecule has 0 spiro atoms. The summed E-state index contributed by atoms with van der Waals surface area (Å²) in [6, 6.07) is 29.2. The van der Waals surface area contributed by atoms with Crippen LogP contribution in [0.5, 0.6) is 0 Å². The van der Waals surface area contributed by atoms with Gasteiger partial charge in [-0.15, -0.1) is 0 Å². The molecule has 0 unspecified atom stereocenters. The first-order valence-electron chi connectivity index (χ1n) is 13.2. The number of H-pyrrole nitrogens is 1. The highest BCUT2D eigenvalue weighted by Crippen LogP contribution is 2.44. The number of carbonyl (C=O) groups is 2. The molecule has 1 aromatic heterocycles. The van der Waals surface area contributed by atoms with Crippen LogP contribution in [-0.4, -0.2) is 36.8 Å². The largest absolute Gasteiger partial charge is 0.467 e. The van der Waals surface area contributed by atoms with E-state index < -0.39 is 18.1 Å². The van der Waals surface area contributed by atoms with Gasteiger partial charge in [0.1, 0.15) is 18.5 Å². The summed E-state index contributed by atoms with van der Waals surface area (Å²) in [6.07, 6.45) is -0.528. The van der Waals surface area contributed by atoms with E-state index in [1.165, 1.54) is 31.0 Å². The number of alkyl carbamates (subject to hydrolysis) is 1. The molecule has 1 aliphatic rings. The van der Waals surface area contributed by atoms with Crippen LogP contribution in [0.3, 0.4) is 0 Å². The normalized spacial score (nSPS) is 12.9. The fourth-order valence-electron chi connectivity index (χ4n) is 5.41. The lowest BCUT2D eigenvalue weighted by Crippen LogP contribution is -2.43. The number of benzene rings is 4. The van der Waals surface area contributed by atoms with Gasteiger partial charge in [-0.3, -0.25) is 0 Å². The molecule has 4 aromatic carbocycles. The lowest BCUT2D eigenvalue weighted by molar-refractivity contribution is -0.143. The van der Waals surface area contributed by atoms with Gasteiger partial charge < -0.3 is 19.8 Å². The van der Waals surface area contributed by atoms with Crippen LogP contribution in [0.15, 0.2) is 107 Å². The molecule has 0 fully saturated rings. The minimum absolute atomic E-state index is 0.0999. The van der Waals surface area contributed by atoms with Crippen LogP contribution in [0, 0.1) is 5.82 Å². The van der Waals surface area contributed by atoms with E-state index in [1.54, 1.807) is 12.1 Å². The second-order valence-corrected chi connectivity index (χ2v) is 10.9. The summed E-state index contributed by atoms with van der Waals surface area (Å²) in [5, 5.41) is 4.44. The van der Waals surface area contributed by atoms with Crippen molar-refractivity contribution in [2.24, 2.45) is 0 Å². The highest BCUT2D eigenvalue weighted by atomic mass is 32.2. The predicted octanol–water partition coefficient (Wildman–Crippen LogP) is 7.08. The van der Waals surface area contributed by atoms with Gasteiger partial charge in [-0.25, -0.2) is 14.0 Å². The molecule has 1 amide bonds. The summed E-state index contributed by atoms with van der Waals surface area (Å²) >= 11 is 1.42. The van der Waals surface area contributed by atoms with Crippen molar-refractivity contribution in [1.29, 1.82) is 0 Å². The standard InChI is InChI=1S/C33H27FN2O4S/c1-39-32(37)30(18-27-26-12-6-7-13-29(26)35-31(27)41-21-16-14-20(34)15-17-21)36-33(38)40-19-28-24-10-4-2-8-22(24)23-9-3-5-11-25(23)28/h2-17,28,30,35H,18-19H2,1H3,(H,36,38)/t30-/m0/s1. The number of esters is 1. The summed E-state index contributed by atoms with van der Waals surface area (Å²) in [4.78, 5) is 30.1. The zero-order chi connectivity index (χ0) is 28.3. The van der Waals surface area contributed by atoms with Gasteiger partial charge in [0.15, 0.2) is 0 Å². The van der Waals surface area contributed by atoms with Crippen molar-refractivity contribution in [1.82, 2.24) is 10.3 Å². The fraction of sp³-hybridized carbons (Fsp3) is 0.152. The quantitative estimate of drug-likeness (QED) is 0.196. The SMILES string of the molecule is COC(=O)[C@H](Cc1c(Sc2ccc(F)cc2)[nH]c2ccccc12)NC(=O)OCC1c2ccccc2-c2ccccc21. The first kappa shape index (κ1) is 26.7. The first-order chi connectivity index (χ1) is 20.0. The molecule has 2 N–H and O–H groups in total. The van der Waals surface area contributed by atoms with Crippen molar-refractivity contribution in [3.05, 3.63) is 120 Å². The van der Waals surface area contributed by atoms with Gasteiger partial charge in [0.2, 0.25) is 0 Å². The molecule has 1 heterocycles. The Bertz CT molecular complexity index is 1690. The number of rotatable bonds is 8. The number of methoxy groups -OCH3 is 1. The van der Waals surface area contributed by atoms with E-state index in [0.29, 0.717) is 0 Å². The average molecular weight is 567 g/mol. The van der Waals surface area contributed by atoms with Crippen molar-refractivity contribution in [2.75, 3.05) is 13.7 Å². The number of fused-ring (bicyclic) bond motifs is 4. The van der Waals surface area contributed by atoms with E-state index >= 15 is 0 Å². The molecular formula is C33H27FN2O4S. The summed E-state index contributed by atoms with van der Waals surface area (Å²) in [5.74, 6) is -0.997. The van der Waals surface area contributed by atoms with Crippen LogP contribution in [0.4, 0.5) is 9.18 Å². The number of para-hydroxylation sites is 1. The molecular weight excluding hydrogens is 539 g/mol. The summed E-state index contributed by atoms with van der Waals surface area (Å²) < 4.78 is 24.2. The maximum Gasteiger partial charge on any atom is 0.407 e. The Hall–Kier alpha value is -4.56. The maximum absolute atomic E-state index is 13.5. The lowest BCUT2D eigenvalue weighted by atomic mass is 9.98. The fourth-order valence-corrected chi connectivity index (χ4v) is 6.39. The molecule has 0 radical (unpaired) electrons. The summed E-state index contributed by atoms with van der Waals surface area (Å²) in [7, 11) is 1.29. The second kappa shape index (κ2) is 11.5. The van der Waals surface area contributed by atoms with Crippen molar-refractivity contribution < 1.29 is 23.5 Å². The number of amides is 1. The Labute approximate surface area is 240 Å². The molecule has 5 aromatic rings.